The number of esters is 2. The summed E-state index contributed by atoms with van der Waals surface area (Å²) in [6, 6.07) is 0. The van der Waals surface area contributed by atoms with Crippen molar-refractivity contribution in [2.75, 3.05) is 13.2 Å². The molecule has 2 aliphatic rings. The number of hydrogen-bond donors (Lipinski definition) is 2. The molecular formula is C19H26O6. The molecule has 1 saturated heterocycles. The van der Waals surface area contributed by atoms with E-state index in [9.17, 15) is 19.8 Å². The van der Waals surface area contributed by atoms with E-state index in [0.717, 1.165) is 5.57 Å². The van der Waals surface area contributed by atoms with Crippen LogP contribution >= 0.6 is 0 Å². The Morgan fingerprint density at radius 1 is 1.44 bits per heavy atom. The number of allylic oxidation sites excluding steroid dienone is 1. The summed E-state index contributed by atoms with van der Waals surface area (Å²) < 4.78 is 11.0. The van der Waals surface area contributed by atoms with Crippen molar-refractivity contribution in [1.29, 1.82) is 0 Å². The van der Waals surface area contributed by atoms with Crippen LogP contribution < -0.4 is 0 Å². The SMILES string of the molecule is C=C(C)C(=O)OC1CC(CO)CCC=C(CO)CC2OC(=O)C(=C)C12. The summed E-state index contributed by atoms with van der Waals surface area (Å²) in [5.74, 6) is -1.65. The van der Waals surface area contributed by atoms with Crippen molar-refractivity contribution in [3.05, 3.63) is 36.0 Å². The lowest BCUT2D eigenvalue weighted by Crippen LogP contribution is -2.36. The van der Waals surface area contributed by atoms with Gasteiger partial charge in [0.2, 0.25) is 0 Å². The van der Waals surface area contributed by atoms with E-state index in [-0.39, 0.29) is 30.3 Å². The van der Waals surface area contributed by atoms with Gasteiger partial charge in [-0.3, -0.25) is 0 Å². The Kier molecular flexibility index (Phi) is 6.56. The highest BCUT2D eigenvalue weighted by molar-refractivity contribution is 5.91. The maximum absolute atomic E-state index is 12.1. The summed E-state index contributed by atoms with van der Waals surface area (Å²) in [6.45, 7) is 8.78. The van der Waals surface area contributed by atoms with Crippen LogP contribution in [0.15, 0.2) is 36.0 Å². The fourth-order valence-corrected chi connectivity index (χ4v) is 3.39. The Hall–Kier alpha value is -1.92. The van der Waals surface area contributed by atoms with Crippen molar-refractivity contribution >= 4 is 11.9 Å². The maximum Gasteiger partial charge on any atom is 0.334 e. The van der Waals surface area contributed by atoms with E-state index >= 15 is 0 Å². The molecule has 0 radical (unpaired) electrons. The minimum atomic E-state index is -0.636. The molecule has 0 saturated carbocycles. The highest BCUT2D eigenvalue weighted by atomic mass is 16.6. The van der Waals surface area contributed by atoms with Gasteiger partial charge >= 0.3 is 11.9 Å². The van der Waals surface area contributed by atoms with Gasteiger partial charge in [0.25, 0.3) is 0 Å². The van der Waals surface area contributed by atoms with Crippen molar-refractivity contribution in [3.8, 4) is 0 Å². The van der Waals surface area contributed by atoms with Crippen LogP contribution in [-0.4, -0.2) is 47.6 Å². The molecule has 2 rings (SSSR count). The van der Waals surface area contributed by atoms with Crippen molar-refractivity contribution < 1.29 is 29.3 Å². The maximum atomic E-state index is 12.1. The standard InChI is InChI=1S/C19H26O6/c1-11(2)18(22)24-15-7-13(9-20)5-4-6-14(10-21)8-16-17(15)12(3)19(23)25-16/h6,13,15-17,20-21H,1,3-5,7-10H2,2H3. The molecule has 1 aliphatic heterocycles. The monoisotopic (exact) mass is 350 g/mol. The second-order valence-corrected chi connectivity index (χ2v) is 6.81. The number of aliphatic hydroxyl groups is 2. The zero-order valence-corrected chi connectivity index (χ0v) is 14.6. The van der Waals surface area contributed by atoms with Crippen molar-refractivity contribution in [2.24, 2.45) is 11.8 Å². The summed E-state index contributed by atoms with van der Waals surface area (Å²) >= 11 is 0. The third-order valence-electron chi connectivity index (χ3n) is 4.83. The minimum absolute atomic E-state index is 0.0535. The van der Waals surface area contributed by atoms with Crippen LogP contribution in [0.5, 0.6) is 0 Å². The quantitative estimate of drug-likeness (QED) is 0.455. The smallest absolute Gasteiger partial charge is 0.334 e. The highest BCUT2D eigenvalue weighted by Crippen LogP contribution is 2.38. The zero-order valence-electron chi connectivity index (χ0n) is 14.6. The Morgan fingerprint density at radius 2 is 2.16 bits per heavy atom. The average Bonchev–Trinajstić information content (AvgIpc) is 2.85. The van der Waals surface area contributed by atoms with Crippen LogP contribution in [0.25, 0.3) is 0 Å². The molecule has 1 aliphatic carbocycles. The number of carbonyl (C=O) groups excluding carboxylic acids is 2. The average molecular weight is 350 g/mol. The molecule has 0 spiro atoms. The van der Waals surface area contributed by atoms with Gasteiger partial charge in [-0.15, -0.1) is 0 Å². The normalized spacial score (nSPS) is 30.1. The summed E-state index contributed by atoms with van der Waals surface area (Å²) in [5.41, 5.74) is 1.29. The number of hydrogen-bond acceptors (Lipinski definition) is 6. The first-order valence-electron chi connectivity index (χ1n) is 8.53. The summed E-state index contributed by atoms with van der Waals surface area (Å²) in [4.78, 5) is 24.1. The number of ether oxygens (including phenoxy) is 2. The molecule has 0 aromatic rings. The first-order chi connectivity index (χ1) is 11.9. The first-order valence-corrected chi connectivity index (χ1v) is 8.53. The van der Waals surface area contributed by atoms with Crippen molar-refractivity contribution in [2.45, 2.75) is 44.8 Å². The molecular weight excluding hydrogens is 324 g/mol. The Morgan fingerprint density at radius 3 is 2.76 bits per heavy atom. The Labute approximate surface area is 147 Å². The molecule has 6 nitrogen and oxygen atoms in total. The lowest BCUT2D eigenvalue weighted by atomic mass is 9.81. The minimum Gasteiger partial charge on any atom is -0.458 e. The molecule has 0 bridgehead atoms. The second-order valence-electron chi connectivity index (χ2n) is 6.81. The van der Waals surface area contributed by atoms with E-state index in [4.69, 9.17) is 9.47 Å². The summed E-state index contributed by atoms with van der Waals surface area (Å²) in [5, 5.41) is 19.2. The number of aliphatic hydroxyl groups excluding tert-OH is 2. The van der Waals surface area contributed by atoms with Gasteiger partial charge in [0.1, 0.15) is 12.2 Å². The van der Waals surface area contributed by atoms with Crippen LogP contribution in [0.4, 0.5) is 0 Å². The van der Waals surface area contributed by atoms with Gasteiger partial charge in [-0.2, -0.15) is 0 Å². The lowest BCUT2D eigenvalue weighted by molar-refractivity contribution is -0.149. The first kappa shape index (κ1) is 19.4. The van der Waals surface area contributed by atoms with Gasteiger partial charge in [-0.05, 0) is 37.7 Å². The number of fused-ring (bicyclic) bond motifs is 1. The van der Waals surface area contributed by atoms with Gasteiger partial charge < -0.3 is 19.7 Å². The largest absolute Gasteiger partial charge is 0.458 e. The third kappa shape index (κ3) is 4.58. The summed E-state index contributed by atoms with van der Waals surface area (Å²) in [7, 11) is 0. The molecule has 0 amide bonds. The summed E-state index contributed by atoms with van der Waals surface area (Å²) in [6.07, 6.45) is 2.91. The molecule has 138 valence electrons. The topological polar surface area (TPSA) is 93.1 Å². The fourth-order valence-electron chi connectivity index (χ4n) is 3.39. The highest BCUT2D eigenvalue weighted by Gasteiger charge is 2.46. The van der Waals surface area contributed by atoms with Crippen LogP contribution in [0.1, 0.15) is 32.6 Å². The van der Waals surface area contributed by atoms with Crippen LogP contribution in [0.2, 0.25) is 0 Å². The van der Waals surface area contributed by atoms with E-state index < -0.39 is 30.1 Å². The molecule has 4 unspecified atom stereocenters. The van der Waals surface area contributed by atoms with Gasteiger partial charge in [-0.1, -0.05) is 19.2 Å². The molecule has 0 aromatic heterocycles. The lowest BCUT2D eigenvalue weighted by Gasteiger charge is -2.31. The predicted molar refractivity (Wildman–Crippen MR) is 91.4 cm³/mol. The zero-order chi connectivity index (χ0) is 18.6. The Balaban J connectivity index is 2.36. The van der Waals surface area contributed by atoms with Crippen LogP contribution in [0, 0.1) is 11.8 Å². The van der Waals surface area contributed by atoms with Gasteiger partial charge in [-0.25, -0.2) is 9.59 Å². The molecule has 4 atom stereocenters. The van der Waals surface area contributed by atoms with Crippen LogP contribution in [0.3, 0.4) is 0 Å². The van der Waals surface area contributed by atoms with Crippen LogP contribution in [-0.2, 0) is 19.1 Å². The number of carbonyl (C=O) groups is 2. The second kappa shape index (κ2) is 8.45. The Bertz CT molecular complexity index is 591. The molecule has 6 heteroatoms. The molecule has 25 heavy (non-hydrogen) atoms. The van der Waals surface area contributed by atoms with E-state index in [1.807, 2.05) is 6.08 Å². The van der Waals surface area contributed by atoms with E-state index in [2.05, 4.69) is 13.2 Å². The van der Waals surface area contributed by atoms with Gasteiger partial charge in [0, 0.05) is 24.2 Å². The van der Waals surface area contributed by atoms with Crippen molar-refractivity contribution in [3.63, 3.8) is 0 Å². The third-order valence-corrected chi connectivity index (χ3v) is 4.83. The molecule has 1 fully saturated rings. The van der Waals surface area contributed by atoms with Gasteiger partial charge in [0.05, 0.1) is 12.5 Å². The number of rotatable bonds is 4. The van der Waals surface area contributed by atoms with Crippen molar-refractivity contribution in [1.82, 2.24) is 0 Å². The molecule has 0 aromatic carbocycles. The van der Waals surface area contributed by atoms with E-state index in [1.54, 1.807) is 6.92 Å². The fraction of sp³-hybridized carbons (Fsp3) is 0.579. The van der Waals surface area contributed by atoms with E-state index in [0.29, 0.717) is 25.7 Å². The van der Waals surface area contributed by atoms with Gasteiger partial charge in [0.15, 0.2) is 0 Å². The molecule has 2 N–H and O–H groups in total. The van der Waals surface area contributed by atoms with E-state index in [1.165, 1.54) is 0 Å². The predicted octanol–water partition coefficient (Wildman–Crippen LogP) is 1.67. The molecule has 1 heterocycles.